The van der Waals surface area contributed by atoms with Crippen LogP contribution in [0, 0.1) is 46.8 Å². The Kier molecular flexibility index (Phi) is 6.70. The second-order valence-corrected chi connectivity index (χ2v) is 11.0. The average molecular weight is 410 g/mol. The van der Waals surface area contributed by atoms with Crippen LogP contribution in [-0.4, -0.2) is 10.8 Å². The Hall–Kier alpha value is -1.18. The zero-order chi connectivity index (χ0) is 21.3. The molecule has 0 saturated heterocycles. The van der Waals surface area contributed by atoms with E-state index < -0.39 is 0 Å². The van der Waals surface area contributed by atoms with Gasteiger partial charge in [0.2, 0.25) is 0 Å². The quantitative estimate of drug-likeness (QED) is 0.532. The van der Waals surface area contributed by atoms with E-state index in [1.54, 1.807) is 6.20 Å². The van der Waals surface area contributed by atoms with Gasteiger partial charge >= 0.3 is 0 Å². The van der Waals surface area contributed by atoms with Gasteiger partial charge in [-0.2, -0.15) is 0 Å². The van der Waals surface area contributed by atoms with Crippen molar-refractivity contribution >= 4 is 5.78 Å². The smallest absolute Gasteiger partial charge is 0.140 e. The lowest BCUT2D eigenvalue weighted by atomic mass is 9.49. The number of aromatic nitrogens is 1. The summed E-state index contributed by atoms with van der Waals surface area (Å²) in [6.07, 6.45) is 16.7. The van der Waals surface area contributed by atoms with Gasteiger partial charge in [0.05, 0.1) is 0 Å². The second kappa shape index (κ2) is 9.13. The summed E-state index contributed by atoms with van der Waals surface area (Å²) < 4.78 is 0. The fourth-order valence-corrected chi connectivity index (χ4v) is 8.44. The summed E-state index contributed by atoms with van der Waals surface area (Å²) in [5.41, 5.74) is 1.35. The molecule has 4 aliphatic rings. The third-order valence-corrected chi connectivity index (χ3v) is 9.71. The number of hydrogen-bond donors (Lipinski definition) is 0. The molecule has 5 rings (SSSR count). The van der Waals surface area contributed by atoms with Crippen LogP contribution in [0.1, 0.15) is 91.0 Å². The molecule has 2 nitrogen and oxygen atoms in total. The van der Waals surface area contributed by atoms with Gasteiger partial charge in [-0.1, -0.05) is 40.2 Å². The van der Waals surface area contributed by atoms with Crippen LogP contribution in [0.5, 0.6) is 0 Å². The van der Waals surface area contributed by atoms with Crippen molar-refractivity contribution in [2.75, 3.05) is 0 Å². The van der Waals surface area contributed by atoms with Crippen LogP contribution < -0.4 is 0 Å². The topological polar surface area (TPSA) is 30.0 Å². The standard InChI is InChI=1S/C26H37NO.C2H6/c1-17-5-7-20-19(14-17)6-8-22-21(20)11-12-26(2)23(22)9-10-24(26)25(28)15-18-4-3-13-27-16-18;1-2/h3-4,13,16-17,19-24H,5-12,14-15H2,1-2H3;1-2H3. The molecule has 8 unspecified atom stereocenters. The summed E-state index contributed by atoms with van der Waals surface area (Å²) in [7, 11) is 0. The normalized spacial score (nSPS) is 42.2. The van der Waals surface area contributed by atoms with Crippen molar-refractivity contribution in [1.82, 2.24) is 4.98 Å². The zero-order valence-corrected chi connectivity index (χ0v) is 19.8. The Morgan fingerprint density at radius 2 is 1.83 bits per heavy atom. The molecule has 0 radical (unpaired) electrons. The minimum atomic E-state index is 0.259. The molecule has 0 N–H and O–H groups in total. The second-order valence-electron chi connectivity index (χ2n) is 11.0. The molecule has 0 bridgehead atoms. The first-order valence-electron chi connectivity index (χ1n) is 13.0. The average Bonchev–Trinajstić information content (AvgIpc) is 3.13. The summed E-state index contributed by atoms with van der Waals surface area (Å²) in [5.74, 6) is 6.41. The van der Waals surface area contributed by atoms with Gasteiger partial charge in [-0.3, -0.25) is 9.78 Å². The van der Waals surface area contributed by atoms with Crippen molar-refractivity contribution in [3.8, 4) is 0 Å². The fraction of sp³-hybridized carbons (Fsp3) is 0.786. The van der Waals surface area contributed by atoms with Crippen molar-refractivity contribution in [1.29, 1.82) is 0 Å². The minimum Gasteiger partial charge on any atom is -0.299 e. The molecule has 4 fully saturated rings. The van der Waals surface area contributed by atoms with Gasteiger partial charge in [-0.05, 0) is 104 Å². The van der Waals surface area contributed by atoms with Crippen LogP contribution in [0.2, 0.25) is 0 Å². The van der Waals surface area contributed by atoms with Crippen LogP contribution in [0.15, 0.2) is 24.5 Å². The molecule has 1 heterocycles. The highest BCUT2D eigenvalue weighted by Gasteiger charge is 2.58. The van der Waals surface area contributed by atoms with Gasteiger partial charge < -0.3 is 0 Å². The summed E-state index contributed by atoms with van der Waals surface area (Å²) in [6.45, 7) is 8.96. The summed E-state index contributed by atoms with van der Waals surface area (Å²) in [5, 5.41) is 0. The van der Waals surface area contributed by atoms with E-state index in [-0.39, 0.29) is 11.3 Å². The maximum absolute atomic E-state index is 13.3. The molecule has 2 heteroatoms. The maximum atomic E-state index is 13.3. The molecule has 4 aliphatic carbocycles. The van der Waals surface area contributed by atoms with Crippen LogP contribution in [-0.2, 0) is 11.2 Å². The number of ketones is 1. The zero-order valence-electron chi connectivity index (χ0n) is 19.8. The van der Waals surface area contributed by atoms with Crippen molar-refractivity contribution < 1.29 is 4.79 Å². The third kappa shape index (κ3) is 3.89. The molecular formula is C28H43NO. The van der Waals surface area contributed by atoms with Crippen molar-refractivity contribution in [3.63, 3.8) is 0 Å². The van der Waals surface area contributed by atoms with E-state index >= 15 is 0 Å². The van der Waals surface area contributed by atoms with Crippen molar-refractivity contribution in [3.05, 3.63) is 30.1 Å². The Morgan fingerprint density at radius 1 is 1.03 bits per heavy atom. The Labute approximate surface area is 184 Å². The van der Waals surface area contributed by atoms with E-state index in [9.17, 15) is 4.79 Å². The Bertz CT molecular complexity index is 715. The number of pyridine rings is 1. The summed E-state index contributed by atoms with van der Waals surface area (Å²) in [4.78, 5) is 17.5. The highest BCUT2D eigenvalue weighted by molar-refractivity contribution is 5.84. The number of carbonyl (C=O) groups is 1. The Morgan fingerprint density at radius 3 is 2.60 bits per heavy atom. The van der Waals surface area contributed by atoms with Crippen LogP contribution in [0.25, 0.3) is 0 Å². The monoisotopic (exact) mass is 409 g/mol. The minimum absolute atomic E-state index is 0.259. The lowest BCUT2D eigenvalue weighted by Gasteiger charge is -2.56. The lowest BCUT2D eigenvalue weighted by Crippen LogP contribution is -2.49. The number of fused-ring (bicyclic) bond motifs is 5. The van der Waals surface area contributed by atoms with Crippen molar-refractivity contribution in [2.24, 2.45) is 46.8 Å². The predicted molar refractivity (Wildman–Crippen MR) is 124 cm³/mol. The molecule has 8 atom stereocenters. The molecular weight excluding hydrogens is 366 g/mol. The van der Waals surface area contributed by atoms with E-state index in [4.69, 9.17) is 0 Å². The molecule has 0 spiro atoms. The van der Waals surface area contributed by atoms with E-state index in [2.05, 4.69) is 24.9 Å². The van der Waals surface area contributed by atoms with Gasteiger partial charge in [0.15, 0.2) is 0 Å². The van der Waals surface area contributed by atoms with Gasteiger partial charge in [-0.25, -0.2) is 0 Å². The van der Waals surface area contributed by atoms with Crippen molar-refractivity contribution in [2.45, 2.75) is 91.9 Å². The molecule has 4 saturated carbocycles. The molecule has 0 aromatic carbocycles. The molecule has 1 aromatic rings. The van der Waals surface area contributed by atoms with E-state index in [0.717, 1.165) is 47.5 Å². The van der Waals surface area contributed by atoms with Crippen LogP contribution >= 0.6 is 0 Å². The first kappa shape index (κ1) is 22.0. The summed E-state index contributed by atoms with van der Waals surface area (Å²) >= 11 is 0. The van der Waals surface area contributed by atoms with E-state index in [1.807, 2.05) is 26.1 Å². The highest BCUT2D eigenvalue weighted by atomic mass is 16.1. The first-order chi connectivity index (χ1) is 14.6. The number of nitrogens with zero attached hydrogens (tertiary/aromatic N) is 1. The van der Waals surface area contributed by atoms with Gasteiger partial charge in [0.1, 0.15) is 5.78 Å². The van der Waals surface area contributed by atoms with Crippen LogP contribution in [0.3, 0.4) is 0 Å². The fourth-order valence-electron chi connectivity index (χ4n) is 8.44. The Balaban J connectivity index is 0.00000106. The lowest BCUT2D eigenvalue weighted by molar-refractivity contribution is -0.129. The largest absolute Gasteiger partial charge is 0.299 e. The van der Waals surface area contributed by atoms with E-state index in [1.165, 1.54) is 51.4 Å². The number of hydrogen-bond acceptors (Lipinski definition) is 2. The molecule has 1 aromatic heterocycles. The summed E-state index contributed by atoms with van der Waals surface area (Å²) in [6, 6.07) is 4.01. The maximum Gasteiger partial charge on any atom is 0.140 e. The molecule has 0 aliphatic heterocycles. The third-order valence-electron chi connectivity index (χ3n) is 9.71. The highest BCUT2D eigenvalue weighted by Crippen LogP contribution is 2.64. The van der Waals surface area contributed by atoms with Gasteiger partial charge in [0.25, 0.3) is 0 Å². The van der Waals surface area contributed by atoms with Gasteiger partial charge in [0, 0.05) is 24.7 Å². The van der Waals surface area contributed by atoms with E-state index in [0.29, 0.717) is 12.2 Å². The first-order valence-corrected chi connectivity index (χ1v) is 13.0. The van der Waals surface area contributed by atoms with Crippen LogP contribution in [0.4, 0.5) is 0 Å². The number of Topliss-reactive ketones (excluding diaryl/α,β-unsaturated/α-hetero) is 1. The SMILES string of the molecule is CC.CC1CCC2C(CCC3C2CCC2(C)C(C(=O)Cc4cccnc4)CCC32)C1. The molecule has 30 heavy (non-hydrogen) atoms. The number of carbonyl (C=O) groups excluding carboxylic acids is 1. The molecule has 0 amide bonds. The van der Waals surface area contributed by atoms with Gasteiger partial charge in [-0.15, -0.1) is 0 Å². The number of rotatable bonds is 3. The molecule has 166 valence electrons. The predicted octanol–water partition coefficient (Wildman–Crippen LogP) is 7.12.